The molecule has 21 heavy (non-hydrogen) atoms. The van der Waals surface area contributed by atoms with Crippen LogP contribution in [0.4, 0.5) is 5.69 Å². The fourth-order valence-electron chi connectivity index (χ4n) is 2.28. The number of piperazine rings is 1. The van der Waals surface area contributed by atoms with Crippen LogP contribution in [-0.4, -0.2) is 56.3 Å². The Morgan fingerprint density at radius 1 is 1.24 bits per heavy atom. The van der Waals surface area contributed by atoms with E-state index in [1.807, 2.05) is 26.0 Å². The van der Waals surface area contributed by atoms with Gasteiger partial charge in [0.25, 0.3) is 0 Å². The molecule has 1 aliphatic heterocycles. The molecule has 0 bridgehead atoms. The predicted molar refractivity (Wildman–Crippen MR) is 84.8 cm³/mol. The van der Waals surface area contributed by atoms with Crippen molar-refractivity contribution in [1.29, 1.82) is 0 Å². The molecule has 1 heterocycles. The molecule has 0 radical (unpaired) electrons. The summed E-state index contributed by atoms with van der Waals surface area (Å²) < 4.78 is 4.71. The molecule has 0 saturated carbocycles. The highest BCUT2D eigenvalue weighted by molar-refractivity contribution is 5.91. The molecule has 0 aliphatic carbocycles. The van der Waals surface area contributed by atoms with E-state index in [4.69, 9.17) is 4.74 Å². The van der Waals surface area contributed by atoms with Crippen LogP contribution in [0.15, 0.2) is 18.2 Å². The van der Waals surface area contributed by atoms with E-state index in [-0.39, 0.29) is 6.61 Å². The second kappa shape index (κ2) is 8.64. The number of aliphatic hydroxyl groups is 1. The van der Waals surface area contributed by atoms with Gasteiger partial charge in [-0.1, -0.05) is 13.8 Å². The maximum Gasteiger partial charge on any atom is 0.338 e. The number of hydrogen-bond acceptors (Lipinski definition) is 5. The number of ether oxygens (including phenoxy) is 1. The molecule has 0 atom stereocenters. The summed E-state index contributed by atoms with van der Waals surface area (Å²) in [7, 11) is 3.45. The summed E-state index contributed by atoms with van der Waals surface area (Å²) in [6, 6.07) is 5.51. The third-order valence-corrected chi connectivity index (χ3v) is 3.53. The molecule has 1 fully saturated rings. The molecule has 0 aromatic heterocycles. The van der Waals surface area contributed by atoms with Crippen LogP contribution in [0.2, 0.25) is 0 Å². The van der Waals surface area contributed by atoms with E-state index in [0.29, 0.717) is 11.1 Å². The molecule has 2 rings (SSSR count). The summed E-state index contributed by atoms with van der Waals surface area (Å²) in [5, 5.41) is 9.39. The van der Waals surface area contributed by atoms with Crippen LogP contribution in [0.3, 0.4) is 0 Å². The second-order valence-electron chi connectivity index (χ2n) is 4.78. The normalized spacial score (nSPS) is 15.2. The Kier molecular flexibility index (Phi) is 7.19. The SMILES string of the molecule is CC.COC(=O)c1ccc(N2CCN(C)CC2)cc1CO. The number of aliphatic hydroxyl groups excluding tert-OH is 1. The number of rotatable bonds is 3. The predicted octanol–water partition coefficient (Wildman–Crippen LogP) is 1.74. The van der Waals surface area contributed by atoms with Crippen LogP contribution in [0.1, 0.15) is 29.8 Å². The zero-order valence-electron chi connectivity index (χ0n) is 13.4. The third kappa shape index (κ3) is 4.44. The lowest BCUT2D eigenvalue weighted by Crippen LogP contribution is -2.44. The summed E-state index contributed by atoms with van der Waals surface area (Å²) in [5.41, 5.74) is 2.09. The number of carbonyl (C=O) groups excluding carboxylic acids is 1. The molecule has 5 heteroatoms. The number of benzene rings is 1. The van der Waals surface area contributed by atoms with E-state index in [9.17, 15) is 9.90 Å². The molecular formula is C16H26N2O3. The third-order valence-electron chi connectivity index (χ3n) is 3.53. The van der Waals surface area contributed by atoms with E-state index < -0.39 is 5.97 Å². The maximum absolute atomic E-state index is 11.6. The summed E-state index contributed by atoms with van der Waals surface area (Å²) in [5.74, 6) is -0.408. The standard InChI is InChI=1S/C14H20N2O3.C2H6/c1-15-5-7-16(8-6-15)12-3-4-13(14(18)19-2)11(9-12)10-17;1-2/h3-4,9,17H,5-8,10H2,1-2H3;1-2H3. The molecule has 1 saturated heterocycles. The van der Waals surface area contributed by atoms with Gasteiger partial charge in [-0.3, -0.25) is 0 Å². The molecule has 1 aliphatic rings. The molecule has 0 amide bonds. The largest absolute Gasteiger partial charge is 0.465 e. The van der Waals surface area contributed by atoms with Crippen molar-refractivity contribution < 1.29 is 14.6 Å². The zero-order chi connectivity index (χ0) is 15.8. The van der Waals surface area contributed by atoms with Gasteiger partial charge in [0, 0.05) is 31.9 Å². The Bertz CT molecular complexity index is 455. The molecule has 1 aromatic carbocycles. The zero-order valence-corrected chi connectivity index (χ0v) is 13.4. The summed E-state index contributed by atoms with van der Waals surface area (Å²) >= 11 is 0. The average molecular weight is 294 g/mol. The van der Waals surface area contributed by atoms with E-state index in [2.05, 4.69) is 16.8 Å². The smallest absolute Gasteiger partial charge is 0.338 e. The molecule has 0 unspecified atom stereocenters. The van der Waals surface area contributed by atoms with Crippen molar-refractivity contribution in [3.63, 3.8) is 0 Å². The Morgan fingerprint density at radius 2 is 1.86 bits per heavy atom. The van der Waals surface area contributed by atoms with Gasteiger partial charge < -0.3 is 19.6 Å². The monoisotopic (exact) mass is 294 g/mol. The first-order chi connectivity index (χ1) is 10.2. The topological polar surface area (TPSA) is 53.0 Å². The summed E-state index contributed by atoms with van der Waals surface area (Å²) in [4.78, 5) is 16.1. The molecule has 1 N–H and O–H groups in total. The van der Waals surface area contributed by atoms with Crippen molar-refractivity contribution >= 4 is 11.7 Å². The maximum atomic E-state index is 11.6. The Morgan fingerprint density at radius 3 is 2.38 bits per heavy atom. The first-order valence-electron chi connectivity index (χ1n) is 7.41. The van der Waals surface area contributed by atoms with Crippen molar-refractivity contribution in [3.8, 4) is 0 Å². The van der Waals surface area contributed by atoms with Crippen molar-refractivity contribution in [2.45, 2.75) is 20.5 Å². The van der Waals surface area contributed by atoms with Crippen LogP contribution in [0.5, 0.6) is 0 Å². The number of anilines is 1. The first-order valence-corrected chi connectivity index (χ1v) is 7.41. The van der Waals surface area contributed by atoms with E-state index in [1.54, 1.807) is 6.07 Å². The van der Waals surface area contributed by atoms with Crippen LogP contribution >= 0.6 is 0 Å². The van der Waals surface area contributed by atoms with Gasteiger partial charge >= 0.3 is 5.97 Å². The van der Waals surface area contributed by atoms with Gasteiger partial charge in [0.05, 0.1) is 19.3 Å². The van der Waals surface area contributed by atoms with Gasteiger partial charge in [-0.25, -0.2) is 4.79 Å². The lowest BCUT2D eigenvalue weighted by atomic mass is 10.1. The van der Waals surface area contributed by atoms with Gasteiger partial charge in [0.1, 0.15) is 0 Å². The van der Waals surface area contributed by atoms with Crippen LogP contribution in [0, 0.1) is 0 Å². The minimum Gasteiger partial charge on any atom is -0.465 e. The summed E-state index contributed by atoms with van der Waals surface area (Å²) in [6.07, 6.45) is 0. The van der Waals surface area contributed by atoms with E-state index in [0.717, 1.165) is 31.9 Å². The second-order valence-corrected chi connectivity index (χ2v) is 4.78. The van der Waals surface area contributed by atoms with Crippen molar-refractivity contribution in [2.75, 3.05) is 45.2 Å². The van der Waals surface area contributed by atoms with Gasteiger partial charge in [0.15, 0.2) is 0 Å². The highest BCUT2D eigenvalue weighted by atomic mass is 16.5. The fourth-order valence-corrected chi connectivity index (χ4v) is 2.28. The number of esters is 1. The van der Waals surface area contributed by atoms with Gasteiger partial charge in [0.2, 0.25) is 0 Å². The number of likely N-dealkylation sites (N-methyl/N-ethyl adjacent to an activating group) is 1. The Hall–Kier alpha value is -1.59. The number of hydrogen-bond donors (Lipinski definition) is 1. The quantitative estimate of drug-likeness (QED) is 0.861. The molecule has 1 aromatic rings. The first kappa shape index (κ1) is 17.5. The van der Waals surface area contributed by atoms with Gasteiger partial charge in [-0.05, 0) is 30.8 Å². The van der Waals surface area contributed by atoms with Crippen molar-refractivity contribution in [1.82, 2.24) is 4.90 Å². The Labute approximate surface area is 127 Å². The number of nitrogens with zero attached hydrogens (tertiary/aromatic N) is 2. The van der Waals surface area contributed by atoms with Crippen LogP contribution in [-0.2, 0) is 11.3 Å². The van der Waals surface area contributed by atoms with Gasteiger partial charge in [-0.15, -0.1) is 0 Å². The number of methoxy groups -OCH3 is 1. The van der Waals surface area contributed by atoms with Crippen LogP contribution in [0.25, 0.3) is 0 Å². The van der Waals surface area contributed by atoms with Crippen LogP contribution < -0.4 is 4.90 Å². The molecule has 5 nitrogen and oxygen atoms in total. The minimum atomic E-state index is -0.408. The average Bonchev–Trinajstić information content (AvgIpc) is 2.56. The van der Waals surface area contributed by atoms with E-state index in [1.165, 1.54) is 7.11 Å². The molecule has 0 spiro atoms. The molecule has 118 valence electrons. The van der Waals surface area contributed by atoms with Crippen molar-refractivity contribution in [3.05, 3.63) is 29.3 Å². The lowest BCUT2D eigenvalue weighted by molar-refractivity contribution is 0.0597. The summed E-state index contributed by atoms with van der Waals surface area (Å²) in [6.45, 7) is 7.80. The van der Waals surface area contributed by atoms with E-state index >= 15 is 0 Å². The number of carbonyl (C=O) groups is 1. The Balaban J connectivity index is 0.00000106. The molecular weight excluding hydrogens is 268 g/mol. The highest BCUT2D eigenvalue weighted by Gasteiger charge is 2.17. The highest BCUT2D eigenvalue weighted by Crippen LogP contribution is 2.21. The lowest BCUT2D eigenvalue weighted by Gasteiger charge is -2.34. The minimum absolute atomic E-state index is 0.161. The fraction of sp³-hybridized carbons (Fsp3) is 0.562. The van der Waals surface area contributed by atoms with Crippen molar-refractivity contribution in [2.24, 2.45) is 0 Å². The van der Waals surface area contributed by atoms with Gasteiger partial charge in [-0.2, -0.15) is 0 Å².